The van der Waals surface area contributed by atoms with Gasteiger partial charge in [0.1, 0.15) is 17.7 Å². The zero-order chi connectivity index (χ0) is 28.8. The largest absolute Gasteiger partial charge is 0.444 e. The molecule has 2 aromatic rings. The lowest BCUT2D eigenvalue weighted by atomic mass is 9.94. The van der Waals surface area contributed by atoms with E-state index in [2.05, 4.69) is 16.7 Å². The molecule has 2 rings (SSSR count). The Morgan fingerprint density at radius 2 is 1.63 bits per heavy atom. The lowest BCUT2D eigenvalue weighted by Gasteiger charge is -2.33. The molecule has 3 unspecified atom stereocenters. The van der Waals surface area contributed by atoms with Crippen molar-refractivity contribution in [2.75, 3.05) is 5.32 Å². The van der Waals surface area contributed by atoms with E-state index in [1.54, 1.807) is 20.8 Å². The number of nitrogens with zero attached hydrogens (tertiary/aromatic N) is 1. The van der Waals surface area contributed by atoms with Gasteiger partial charge in [-0.05, 0) is 76.6 Å². The van der Waals surface area contributed by atoms with Crippen LogP contribution in [0.4, 0.5) is 10.5 Å². The van der Waals surface area contributed by atoms with Crippen molar-refractivity contribution in [1.29, 1.82) is 0 Å². The number of hydrogen-bond acceptors (Lipinski definition) is 4. The van der Waals surface area contributed by atoms with Crippen LogP contribution < -0.4 is 10.6 Å². The normalized spacial score (nSPS) is 13.5. The molecule has 38 heavy (non-hydrogen) atoms. The van der Waals surface area contributed by atoms with Gasteiger partial charge in [-0.1, -0.05) is 68.7 Å². The summed E-state index contributed by atoms with van der Waals surface area (Å²) in [5.74, 6) is -1.28. The second kappa shape index (κ2) is 12.6. The second-order valence-electron chi connectivity index (χ2n) is 10.9. The Morgan fingerprint density at radius 3 is 2.13 bits per heavy atom. The fourth-order valence-corrected chi connectivity index (χ4v) is 4.27. The Morgan fingerprint density at radius 1 is 1.03 bits per heavy atom. The molecule has 0 radical (unpaired) electrons. The highest BCUT2D eigenvalue weighted by molar-refractivity contribution is 6.00. The Labute approximate surface area is 227 Å². The molecular formula is C31H41N3O4. The van der Waals surface area contributed by atoms with Crippen molar-refractivity contribution >= 4 is 23.6 Å². The molecule has 3 amide bonds. The number of amides is 3. The number of nitrogens with one attached hydrogen (secondary N) is 2. The van der Waals surface area contributed by atoms with Gasteiger partial charge in [-0.25, -0.2) is 4.79 Å². The third-order valence-corrected chi connectivity index (χ3v) is 6.48. The molecule has 0 bridgehead atoms. The SMILES string of the molecule is C#CN(C(=O)C(NC(=O)OC(C)(C)C)C(C)CC)C(C(=O)Nc1c(C)cccc1C)c1ccc(C)cc1C. The number of anilines is 1. The van der Waals surface area contributed by atoms with Crippen LogP contribution in [0.2, 0.25) is 0 Å². The Kier molecular flexibility index (Phi) is 10.1. The van der Waals surface area contributed by atoms with Crippen LogP contribution in [0.25, 0.3) is 0 Å². The number of para-hydroxylation sites is 1. The maximum atomic E-state index is 14.0. The molecule has 7 nitrogen and oxygen atoms in total. The average Bonchev–Trinajstić information content (AvgIpc) is 2.82. The molecule has 204 valence electrons. The summed E-state index contributed by atoms with van der Waals surface area (Å²) < 4.78 is 5.40. The monoisotopic (exact) mass is 519 g/mol. The molecule has 0 saturated heterocycles. The number of aryl methyl sites for hydroxylation is 4. The second-order valence-corrected chi connectivity index (χ2v) is 10.9. The zero-order valence-corrected chi connectivity index (χ0v) is 24.1. The molecule has 0 aliphatic heterocycles. The van der Waals surface area contributed by atoms with Gasteiger partial charge in [0.15, 0.2) is 0 Å². The smallest absolute Gasteiger partial charge is 0.408 e. The van der Waals surface area contributed by atoms with Crippen LogP contribution in [-0.2, 0) is 14.3 Å². The van der Waals surface area contributed by atoms with Gasteiger partial charge in [0.05, 0.1) is 0 Å². The highest BCUT2D eigenvalue weighted by atomic mass is 16.6. The molecule has 2 N–H and O–H groups in total. The van der Waals surface area contributed by atoms with E-state index >= 15 is 0 Å². The van der Waals surface area contributed by atoms with Gasteiger partial charge < -0.3 is 15.4 Å². The van der Waals surface area contributed by atoms with Crippen molar-refractivity contribution < 1.29 is 19.1 Å². The van der Waals surface area contributed by atoms with Crippen LogP contribution in [0.5, 0.6) is 0 Å². The summed E-state index contributed by atoms with van der Waals surface area (Å²) >= 11 is 0. The minimum Gasteiger partial charge on any atom is -0.444 e. The lowest BCUT2D eigenvalue weighted by Crippen LogP contribution is -2.53. The quantitative estimate of drug-likeness (QED) is 0.333. The highest BCUT2D eigenvalue weighted by Gasteiger charge is 2.38. The average molecular weight is 520 g/mol. The Hall–Kier alpha value is -3.79. The number of hydrogen-bond donors (Lipinski definition) is 2. The van der Waals surface area contributed by atoms with E-state index in [1.807, 2.05) is 77.9 Å². The standard InChI is InChI=1S/C31H41N3O4/c1-11-20(4)26(33-30(37)38-31(8,9)10)29(36)34(12-2)27(24-17-16-19(3)18-23(24)7)28(35)32-25-21(5)14-13-15-22(25)6/h2,13-18,20,26-27H,11H2,1,3-10H3,(H,32,35)(H,33,37). The topological polar surface area (TPSA) is 87.7 Å². The first-order chi connectivity index (χ1) is 17.7. The van der Waals surface area contributed by atoms with Crippen LogP contribution in [0, 0.1) is 46.1 Å². The van der Waals surface area contributed by atoms with Crippen molar-refractivity contribution in [1.82, 2.24) is 10.2 Å². The summed E-state index contributed by atoms with van der Waals surface area (Å²) in [4.78, 5) is 41.7. The molecule has 0 aliphatic carbocycles. The summed E-state index contributed by atoms with van der Waals surface area (Å²) in [5, 5.41) is 5.70. The molecule has 0 aliphatic rings. The minimum atomic E-state index is -1.13. The van der Waals surface area contributed by atoms with Crippen LogP contribution in [0.1, 0.15) is 74.9 Å². The summed E-state index contributed by atoms with van der Waals surface area (Å²) in [6.45, 7) is 16.6. The van der Waals surface area contributed by atoms with E-state index < -0.39 is 35.6 Å². The molecule has 0 fully saturated rings. The highest BCUT2D eigenvalue weighted by Crippen LogP contribution is 2.29. The number of carbonyl (C=O) groups excluding carboxylic acids is 3. The van der Waals surface area contributed by atoms with Crippen molar-refractivity contribution in [3.8, 4) is 12.5 Å². The van der Waals surface area contributed by atoms with Crippen molar-refractivity contribution in [2.45, 2.75) is 86.4 Å². The van der Waals surface area contributed by atoms with Gasteiger partial charge in [-0.15, -0.1) is 0 Å². The summed E-state index contributed by atoms with van der Waals surface area (Å²) in [5.41, 5.74) is 4.14. The number of ether oxygens (including phenoxy) is 1. The first-order valence-corrected chi connectivity index (χ1v) is 12.9. The zero-order valence-electron chi connectivity index (χ0n) is 24.1. The van der Waals surface area contributed by atoms with Gasteiger partial charge in [-0.3, -0.25) is 14.5 Å². The van der Waals surface area contributed by atoms with E-state index in [0.29, 0.717) is 17.7 Å². The van der Waals surface area contributed by atoms with E-state index in [4.69, 9.17) is 11.2 Å². The molecule has 0 spiro atoms. The van der Waals surface area contributed by atoms with Crippen LogP contribution in [0.3, 0.4) is 0 Å². The number of alkyl carbamates (subject to hydrolysis) is 1. The molecule has 2 aromatic carbocycles. The van der Waals surface area contributed by atoms with E-state index in [9.17, 15) is 14.4 Å². The van der Waals surface area contributed by atoms with Gasteiger partial charge >= 0.3 is 6.09 Å². The van der Waals surface area contributed by atoms with Gasteiger partial charge in [0.25, 0.3) is 11.8 Å². The number of terminal acetylenes is 1. The summed E-state index contributed by atoms with van der Waals surface area (Å²) in [6.07, 6.45) is 5.79. The van der Waals surface area contributed by atoms with Crippen molar-refractivity contribution in [3.05, 3.63) is 64.2 Å². The van der Waals surface area contributed by atoms with Crippen molar-refractivity contribution in [2.24, 2.45) is 5.92 Å². The van der Waals surface area contributed by atoms with Crippen LogP contribution in [-0.4, -0.2) is 34.5 Å². The van der Waals surface area contributed by atoms with Crippen molar-refractivity contribution in [3.63, 3.8) is 0 Å². The summed E-state index contributed by atoms with van der Waals surface area (Å²) in [7, 11) is 0. The van der Waals surface area contributed by atoms with E-state index in [-0.39, 0.29) is 5.92 Å². The molecular weight excluding hydrogens is 478 g/mol. The summed E-state index contributed by atoms with van der Waals surface area (Å²) in [6, 6.07) is 11.7. The molecule has 0 heterocycles. The van der Waals surface area contributed by atoms with Gasteiger partial charge in [0.2, 0.25) is 0 Å². The molecule has 7 heteroatoms. The van der Waals surface area contributed by atoms with Gasteiger partial charge in [-0.2, -0.15) is 0 Å². The molecule has 3 atom stereocenters. The maximum absolute atomic E-state index is 14.0. The third kappa shape index (κ3) is 7.61. The predicted molar refractivity (Wildman–Crippen MR) is 151 cm³/mol. The van der Waals surface area contributed by atoms with Crippen LogP contribution >= 0.6 is 0 Å². The fourth-order valence-electron chi connectivity index (χ4n) is 4.27. The number of rotatable bonds is 8. The Bertz CT molecular complexity index is 1200. The van der Waals surface area contributed by atoms with Gasteiger partial charge in [0, 0.05) is 11.7 Å². The maximum Gasteiger partial charge on any atom is 0.408 e. The predicted octanol–water partition coefficient (Wildman–Crippen LogP) is 5.96. The lowest BCUT2D eigenvalue weighted by molar-refractivity contribution is -0.137. The Balaban J connectivity index is 2.58. The molecule has 0 aromatic heterocycles. The fraction of sp³-hybridized carbons (Fsp3) is 0.452. The van der Waals surface area contributed by atoms with Crippen LogP contribution in [0.15, 0.2) is 36.4 Å². The molecule has 0 saturated carbocycles. The third-order valence-electron chi connectivity index (χ3n) is 6.48. The minimum absolute atomic E-state index is 0.271. The number of benzene rings is 2. The first-order valence-electron chi connectivity index (χ1n) is 12.9. The van der Waals surface area contributed by atoms with E-state index in [0.717, 1.165) is 27.2 Å². The number of carbonyl (C=O) groups is 3. The first kappa shape index (κ1) is 30.4. The van der Waals surface area contributed by atoms with E-state index in [1.165, 1.54) is 0 Å².